The maximum Gasteiger partial charge on any atom is 0.472 e. The third kappa shape index (κ3) is 71.7. The number of esters is 2. The summed E-state index contributed by atoms with van der Waals surface area (Å²) in [6, 6.07) is 0. The highest BCUT2D eigenvalue weighted by molar-refractivity contribution is 7.47. The number of phosphoric acid groups is 1. The number of hydrogen-bond acceptors (Lipinski definition) is 7. The molecule has 90 heavy (non-hydrogen) atoms. The van der Waals surface area contributed by atoms with E-state index in [0.717, 1.165) is 167 Å². The number of allylic oxidation sites excluding steroid dienone is 34. The monoisotopic (exact) mass is 1260 g/mol. The van der Waals surface area contributed by atoms with Gasteiger partial charge >= 0.3 is 19.8 Å². The molecule has 504 valence electrons. The second-order valence-corrected chi connectivity index (χ2v) is 24.9. The molecule has 9 nitrogen and oxygen atoms in total. The lowest BCUT2D eigenvalue weighted by atomic mass is 10.1. The number of ether oxygens (including phenoxy) is 2. The molecule has 0 aliphatic rings. The number of carbonyl (C=O) groups is 2. The summed E-state index contributed by atoms with van der Waals surface area (Å²) in [7, 11) is 1.42. The minimum atomic E-state index is -4.42. The summed E-state index contributed by atoms with van der Waals surface area (Å²) in [5.41, 5.74) is 0. The van der Waals surface area contributed by atoms with Crippen LogP contribution in [0.15, 0.2) is 207 Å². The molecule has 0 aromatic carbocycles. The van der Waals surface area contributed by atoms with Crippen molar-refractivity contribution in [3.63, 3.8) is 0 Å². The number of unbranched alkanes of at least 4 members (excludes halogenated alkanes) is 13. The summed E-state index contributed by atoms with van der Waals surface area (Å²) in [5.74, 6) is -0.849. The number of quaternary nitrogens is 1. The van der Waals surface area contributed by atoms with Crippen LogP contribution in [0.4, 0.5) is 0 Å². The second-order valence-electron chi connectivity index (χ2n) is 23.4. The lowest BCUT2D eigenvalue weighted by Crippen LogP contribution is -2.37. The minimum Gasteiger partial charge on any atom is -0.462 e. The predicted molar refractivity (Wildman–Crippen MR) is 389 cm³/mol. The molecule has 0 heterocycles. The molecule has 0 aliphatic carbocycles. The van der Waals surface area contributed by atoms with Crippen LogP contribution in [0.25, 0.3) is 0 Å². The van der Waals surface area contributed by atoms with Gasteiger partial charge in [0.15, 0.2) is 6.10 Å². The quantitative estimate of drug-likeness (QED) is 0.0211. The highest BCUT2D eigenvalue weighted by Gasteiger charge is 2.27. The molecule has 0 saturated carbocycles. The largest absolute Gasteiger partial charge is 0.472 e. The fourth-order valence-corrected chi connectivity index (χ4v) is 9.29. The Morgan fingerprint density at radius 2 is 0.600 bits per heavy atom. The molecule has 0 fully saturated rings. The molecule has 0 spiro atoms. The van der Waals surface area contributed by atoms with Crippen LogP contribution in [0.2, 0.25) is 0 Å². The van der Waals surface area contributed by atoms with Crippen LogP contribution < -0.4 is 0 Å². The lowest BCUT2D eigenvalue weighted by molar-refractivity contribution is -0.870. The fraction of sp³-hybridized carbons (Fsp3) is 0.550. The Kier molecular flexibility index (Phi) is 63.9. The van der Waals surface area contributed by atoms with E-state index < -0.39 is 26.5 Å². The van der Waals surface area contributed by atoms with Gasteiger partial charge in [-0.25, -0.2) is 4.57 Å². The molecule has 0 radical (unpaired) electrons. The van der Waals surface area contributed by atoms with E-state index in [1.807, 2.05) is 21.1 Å². The van der Waals surface area contributed by atoms with Gasteiger partial charge in [0.25, 0.3) is 0 Å². The molecule has 0 aliphatic heterocycles. The molecule has 0 rings (SSSR count). The molecular weight excluding hydrogens is 1130 g/mol. The first kappa shape index (κ1) is 84.6. The van der Waals surface area contributed by atoms with Crippen molar-refractivity contribution in [3.05, 3.63) is 207 Å². The molecule has 1 N–H and O–H groups in total. The normalized spacial score (nSPS) is 14.4. The zero-order valence-corrected chi connectivity index (χ0v) is 58.2. The molecule has 2 unspecified atom stereocenters. The van der Waals surface area contributed by atoms with Gasteiger partial charge in [-0.15, -0.1) is 0 Å². The van der Waals surface area contributed by atoms with E-state index in [1.54, 1.807) is 0 Å². The van der Waals surface area contributed by atoms with Crippen molar-refractivity contribution in [2.75, 3.05) is 47.5 Å². The Morgan fingerprint density at radius 3 is 0.889 bits per heavy atom. The predicted octanol–water partition coefficient (Wildman–Crippen LogP) is 23.0. The molecule has 0 aromatic rings. The van der Waals surface area contributed by atoms with Gasteiger partial charge in [0, 0.05) is 12.8 Å². The molecular formula is C80H127NO8P+. The second kappa shape index (κ2) is 68.0. The van der Waals surface area contributed by atoms with Crippen molar-refractivity contribution in [2.45, 2.75) is 238 Å². The highest BCUT2D eigenvalue weighted by atomic mass is 31.2. The van der Waals surface area contributed by atoms with E-state index in [4.69, 9.17) is 18.5 Å². The van der Waals surface area contributed by atoms with Gasteiger partial charge in [0.05, 0.1) is 27.7 Å². The maximum atomic E-state index is 12.9. The van der Waals surface area contributed by atoms with Gasteiger partial charge in [0.2, 0.25) is 0 Å². The molecule has 2 atom stereocenters. The van der Waals surface area contributed by atoms with Crippen LogP contribution in [-0.2, 0) is 32.7 Å². The average Bonchev–Trinajstić information content (AvgIpc) is 3.62. The van der Waals surface area contributed by atoms with Gasteiger partial charge in [-0.05, 0) is 148 Å². The first-order valence-corrected chi connectivity index (χ1v) is 36.3. The van der Waals surface area contributed by atoms with E-state index in [2.05, 4.69) is 220 Å². The van der Waals surface area contributed by atoms with Crippen LogP contribution in [0, 0.1) is 0 Å². The van der Waals surface area contributed by atoms with Crippen molar-refractivity contribution in [2.24, 2.45) is 0 Å². The van der Waals surface area contributed by atoms with E-state index >= 15 is 0 Å². The van der Waals surface area contributed by atoms with Crippen LogP contribution in [-0.4, -0.2) is 74.9 Å². The van der Waals surface area contributed by atoms with Crippen molar-refractivity contribution in [1.82, 2.24) is 0 Å². The summed E-state index contributed by atoms with van der Waals surface area (Å²) in [4.78, 5) is 35.8. The summed E-state index contributed by atoms with van der Waals surface area (Å²) in [5, 5.41) is 0. The summed E-state index contributed by atoms with van der Waals surface area (Å²) < 4.78 is 34.6. The van der Waals surface area contributed by atoms with E-state index in [9.17, 15) is 19.0 Å². The molecule has 0 bridgehead atoms. The topological polar surface area (TPSA) is 108 Å². The minimum absolute atomic E-state index is 0.0136. The Hall–Kier alpha value is -5.41. The van der Waals surface area contributed by atoms with Crippen LogP contribution in [0.3, 0.4) is 0 Å². The van der Waals surface area contributed by atoms with Crippen molar-refractivity contribution < 1.29 is 42.1 Å². The van der Waals surface area contributed by atoms with E-state index in [0.29, 0.717) is 17.4 Å². The van der Waals surface area contributed by atoms with E-state index in [-0.39, 0.29) is 32.0 Å². The zero-order chi connectivity index (χ0) is 65.5. The van der Waals surface area contributed by atoms with Gasteiger partial charge in [-0.1, -0.05) is 278 Å². The van der Waals surface area contributed by atoms with Gasteiger partial charge in [-0.3, -0.25) is 18.6 Å². The third-order valence-electron chi connectivity index (χ3n) is 13.8. The van der Waals surface area contributed by atoms with Crippen molar-refractivity contribution in [1.29, 1.82) is 0 Å². The Balaban J connectivity index is 4.21. The summed E-state index contributed by atoms with van der Waals surface area (Å²) in [6.45, 7) is 4.14. The molecule has 10 heteroatoms. The van der Waals surface area contributed by atoms with Crippen LogP contribution in [0.5, 0.6) is 0 Å². The van der Waals surface area contributed by atoms with Gasteiger partial charge in [-0.2, -0.15) is 0 Å². The number of rotatable bonds is 61. The SMILES string of the molecule is CC/C=C\C/C=C\C/C=C\C/C=C\C/C=C\C/C=C\C/C=C\C/C=C\C/C=C\C/C=C\C/C=C\C/C=C\CCCCCCC(=O)OC(COC(=O)CCCCCCCCCCC/C=C\C/C=C\C/C=C\C/C=C\C/C=C\CC)COP(=O)(O)OCC[N+](C)(C)C. The Bertz CT molecular complexity index is 2270. The number of likely N-dealkylation sites (N-methyl/N-ethyl adjacent to an activating group) is 1. The Labute approximate surface area is 551 Å². The molecule has 0 saturated heterocycles. The first-order chi connectivity index (χ1) is 44.0. The number of carbonyl (C=O) groups excluding carboxylic acids is 2. The summed E-state index contributed by atoms with van der Waals surface area (Å²) >= 11 is 0. The smallest absolute Gasteiger partial charge is 0.462 e. The van der Waals surface area contributed by atoms with Gasteiger partial charge in [0.1, 0.15) is 19.8 Å². The number of nitrogens with zero attached hydrogens (tertiary/aromatic N) is 1. The van der Waals surface area contributed by atoms with Crippen molar-refractivity contribution in [3.8, 4) is 0 Å². The number of hydrogen-bond donors (Lipinski definition) is 1. The molecule has 0 amide bonds. The standard InChI is InChI=1S/C80H126NO8P/c1-6-8-10-12-14-16-18-20-22-24-26-28-30-32-33-34-35-36-37-38-39-40-41-42-43-44-45-46-47-49-51-53-55-57-59-61-63-65-67-69-71-73-80(83)89-78(77-88-90(84,85)87-75-74-81(3,4)5)76-86-79(82)72-70-68-66-64-62-60-58-56-54-52-50-48-31-29-27-25-23-21-19-17-15-13-11-9-7-2/h8-11,14-17,20-23,26-29,32-33,35-36,38-39,41-42,44-45,47-50,53,55,59,61,78H,6-7,12-13,18-19,24-25,30-31,34,37,40,43,46,51-52,54,56-58,60,62-77H2,1-5H3/p+1/b10-8-,11-9-,16-14-,17-15-,22-20-,23-21-,28-26-,29-27-,33-32-,36-35-,39-38-,42-41-,45-44-,49-47-,50-48-,55-53-,61-59-. The van der Waals surface area contributed by atoms with Gasteiger partial charge < -0.3 is 18.9 Å². The third-order valence-corrected chi connectivity index (χ3v) is 14.8. The lowest BCUT2D eigenvalue weighted by Gasteiger charge is -2.24. The highest BCUT2D eigenvalue weighted by Crippen LogP contribution is 2.43. The summed E-state index contributed by atoms with van der Waals surface area (Å²) in [6.07, 6.45) is 108. The van der Waals surface area contributed by atoms with Crippen LogP contribution in [0.1, 0.15) is 232 Å². The van der Waals surface area contributed by atoms with Crippen LogP contribution >= 0.6 is 7.82 Å². The molecule has 0 aromatic heterocycles. The zero-order valence-electron chi connectivity index (χ0n) is 57.3. The first-order valence-electron chi connectivity index (χ1n) is 34.8. The van der Waals surface area contributed by atoms with Crippen molar-refractivity contribution >= 4 is 19.8 Å². The average molecular weight is 1260 g/mol. The maximum absolute atomic E-state index is 12.9. The fourth-order valence-electron chi connectivity index (χ4n) is 8.55. The van der Waals surface area contributed by atoms with E-state index in [1.165, 1.54) is 32.1 Å². The number of phosphoric ester groups is 1. The Morgan fingerprint density at radius 1 is 0.344 bits per heavy atom.